The molecule has 1 aromatic carbocycles. The standard InChI is InChI=1S/C24H18F3N3O5/c25-24(26,27)21-3-1-2-14(28-21)13-34-16-6-9-30(22(31)11-16)15-4-5-17-18-12-29(23(32)33)8-7-19(18)35-20(17)10-15/h1-6,9-11H,7-8,12-13H2,(H,32,33). The molecule has 0 saturated carbocycles. The van der Waals surface area contributed by atoms with Crippen LogP contribution in [0.25, 0.3) is 16.7 Å². The summed E-state index contributed by atoms with van der Waals surface area (Å²) < 4.78 is 51.2. The van der Waals surface area contributed by atoms with Gasteiger partial charge in [0.2, 0.25) is 0 Å². The molecule has 1 N–H and O–H groups in total. The van der Waals surface area contributed by atoms with E-state index in [2.05, 4.69) is 4.98 Å². The van der Waals surface area contributed by atoms with Crippen LogP contribution in [0, 0.1) is 0 Å². The van der Waals surface area contributed by atoms with Gasteiger partial charge in [0.05, 0.1) is 17.9 Å². The molecule has 180 valence electrons. The van der Waals surface area contributed by atoms with Crippen LogP contribution in [-0.4, -0.2) is 32.2 Å². The molecule has 0 spiro atoms. The van der Waals surface area contributed by atoms with Crippen LogP contribution in [0.4, 0.5) is 18.0 Å². The van der Waals surface area contributed by atoms with Gasteiger partial charge in [0.25, 0.3) is 5.56 Å². The Balaban J connectivity index is 1.35. The van der Waals surface area contributed by atoms with Crippen LogP contribution in [0.15, 0.2) is 63.9 Å². The molecule has 4 aromatic rings. The van der Waals surface area contributed by atoms with Gasteiger partial charge >= 0.3 is 12.3 Å². The average molecular weight is 485 g/mol. The minimum atomic E-state index is -4.56. The van der Waals surface area contributed by atoms with E-state index in [4.69, 9.17) is 9.15 Å². The van der Waals surface area contributed by atoms with Crippen molar-refractivity contribution in [3.63, 3.8) is 0 Å². The number of furan rings is 1. The van der Waals surface area contributed by atoms with Crippen molar-refractivity contribution < 1.29 is 32.2 Å². The summed E-state index contributed by atoms with van der Waals surface area (Å²) in [6.45, 7) is 0.361. The maximum Gasteiger partial charge on any atom is 0.433 e. The molecule has 0 radical (unpaired) electrons. The number of alkyl halides is 3. The van der Waals surface area contributed by atoms with Crippen LogP contribution in [0.5, 0.6) is 5.75 Å². The maximum absolute atomic E-state index is 12.8. The predicted octanol–water partition coefficient (Wildman–Crippen LogP) is 4.61. The number of amides is 1. The van der Waals surface area contributed by atoms with Crippen molar-refractivity contribution in [3.05, 3.63) is 87.8 Å². The average Bonchev–Trinajstić information content (AvgIpc) is 3.19. The van der Waals surface area contributed by atoms with E-state index in [9.17, 15) is 27.9 Å². The highest BCUT2D eigenvalue weighted by molar-refractivity contribution is 5.85. The minimum absolute atomic E-state index is 0.0812. The number of ether oxygens (including phenoxy) is 1. The number of hydrogen-bond donors (Lipinski definition) is 1. The van der Waals surface area contributed by atoms with Gasteiger partial charge in [-0.2, -0.15) is 13.2 Å². The Bertz CT molecular complexity index is 1490. The van der Waals surface area contributed by atoms with Crippen molar-refractivity contribution in [3.8, 4) is 11.4 Å². The smallest absolute Gasteiger partial charge is 0.433 e. The van der Waals surface area contributed by atoms with E-state index in [0.717, 1.165) is 22.8 Å². The molecule has 5 rings (SSSR count). The summed E-state index contributed by atoms with van der Waals surface area (Å²) in [7, 11) is 0. The van der Waals surface area contributed by atoms with Crippen LogP contribution in [0.3, 0.4) is 0 Å². The van der Waals surface area contributed by atoms with E-state index in [1.165, 1.54) is 39.9 Å². The van der Waals surface area contributed by atoms with Crippen LogP contribution < -0.4 is 10.3 Å². The summed E-state index contributed by atoms with van der Waals surface area (Å²) in [5, 5.41) is 10.1. The molecule has 1 amide bonds. The first kappa shape index (κ1) is 22.5. The first-order valence-corrected chi connectivity index (χ1v) is 10.6. The van der Waals surface area contributed by atoms with E-state index in [-0.39, 0.29) is 24.6 Å². The third-order valence-electron chi connectivity index (χ3n) is 5.74. The lowest BCUT2D eigenvalue weighted by Gasteiger charge is -2.23. The number of nitrogens with zero attached hydrogens (tertiary/aromatic N) is 3. The van der Waals surface area contributed by atoms with Crippen molar-refractivity contribution >= 4 is 17.1 Å². The van der Waals surface area contributed by atoms with Crippen LogP contribution >= 0.6 is 0 Å². The summed E-state index contributed by atoms with van der Waals surface area (Å²) in [5.41, 5.74) is 0.557. The second-order valence-corrected chi connectivity index (χ2v) is 8.01. The Morgan fingerprint density at radius 3 is 2.74 bits per heavy atom. The number of pyridine rings is 2. The van der Waals surface area contributed by atoms with Gasteiger partial charge in [-0.15, -0.1) is 0 Å². The molecule has 0 aliphatic carbocycles. The Morgan fingerprint density at radius 2 is 2.00 bits per heavy atom. The van der Waals surface area contributed by atoms with Gasteiger partial charge in [0.15, 0.2) is 0 Å². The molecule has 0 unspecified atom stereocenters. The molecule has 0 atom stereocenters. The fourth-order valence-corrected chi connectivity index (χ4v) is 4.02. The number of halogens is 3. The van der Waals surface area contributed by atoms with E-state index in [1.807, 2.05) is 0 Å². The topological polar surface area (TPSA) is 97.8 Å². The van der Waals surface area contributed by atoms with Crippen molar-refractivity contribution in [2.24, 2.45) is 0 Å². The fourth-order valence-electron chi connectivity index (χ4n) is 4.02. The second kappa shape index (κ2) is 8.49. The van der Waals surface area contributed by atoms with Gasteiger partial charge in [-0.1, -0.05) is 6.07 Å². The van der Waals surface area contributed by atoms with Gasteiger partial charge in [-0.3, -0.25) is 9.36 Å². The lowest BCUT2D eigenvalue weighted by Crippen LogP contribution is -2.34. The summed E-state index contributed by atoms with van der Waals surface area (Å²) >= 11 is 0. The monoisotopic (exact) mass is 485 g/mol. The third-order valence-corrected chi connectivity index (χ3v) is 5.74. The highest BCUT2D eigenvalue weighted by Crippen LogP contribution is 2.32. The predicted molar refractivity (Wildman–Crippen MR) is 118 cm³/mol. The highest BCUT2D eigenvalue weighted by Gasteiger charge is 2.32. The quantitative estimate of drug-likeness (QED) is 0.453. The van der Waals surface area contributed by atoms with E-state index >= 15 is 0 Å². The Kier molecular flexibility index (Phi) is 5.46. The number of rotatable bonds is 4. The molecule has 1 aliphatic heterocycles. The first-order valence-electron chi connectivity index (χ1n) is 10.6. The highest BCUT2D eigenvalue weighted by atomic mass is 19.4. The molecule has 0 bridgehead atoms. The van der Waals surface area contributed by atoms with E-state index in [0.29, 0.717) is 24.2 Å². The Labute approximate surface area is 195 Å². The summed E-state index contributed by atoms with van der Waals surface area (Å²) in [4.78, 5) is 28.9. The number of carbonyl (C=O) groups is 1. The summed E-state index contributed by atoms with van der Waals surface area (Å²) in [6, 6.07) is 11.5. The van der Waals surface area contributed by atoms with Crippen molar-refractivity contribution in [2.45, 2.75) is 25.7 Å². The summed E-state index contributed by atoms with van der Waals surface area (Å²) in [6.07, 6.45) is -3.58. The molecule has 1 aliphatic rings. The van der Waals surface area contributed by atoms with Crippen molar-refractivity contribution in [1.29, 1.82) is 0 Å². The number of fused-ring (bicyclic) bond motifs is 3. The normalized spacial score (nSPS) is 13.6. The fraction of sp³-hybridized carbons (Fsp3) is 0.208. The lowest BCUT2D eigenvalue weighted by atomic mass is 10.0. The zero-order chi connectivity index (χ0) is 24.7. The van der Waals surface area contributed by atoms with Crippen LogP contribution in [0.2, 0.25) is 0 Å². The van der Waals surface area contributed by atoms with Crippen LogP contribution in [0.1, 0.15) is 22.7 Å². The molecule has 0 saturated heterocycles. The molecule has 8 nitrogen and oxygen atoms in total. The lowest BCUT2D eigenvalue weighted by molar-refractivity contribution is -0.141. The van der Waals surface area contributed by atoms with Gasteiger partial charge in [-0.25, -0.2) is 9.78 Å². The molecule has 0 fully saturated rings. The van der Waals surface area contributed by atoms with Crippen LogP contribution in [-0.2, 0) is 25.7 Å². The number of hydrogen-bond acceptors (Lipinski definition) is 5. The van der Waals surface area contributed by atoms with Crippen molar-refractivity contribution in [2.75, 3.05) is 6.54 Å². The zero-order valence-corrected chi connectivity index (χ0v) is 18.1. The number of aromatic nitrogens is 2. The first-order chi connectivity index (χ1) is 16.7. The largest absolute Gasteiger partial charge is 0.487 e. The SMILES string of the molecule is O=C(O)N1CCc2oc3cc(-n4ccc(OCc5cccc(C(F)(F)F)n5)cc4=O)ccc3c2C1. The number of carboxylic acid groups (broad SMARTS) is 1. The molecule has 35 heavy (non-hydrogen) atoms. The maximum atomic E-state index is 12.8. The van der Waals surface area contributed by atoms with Gasteiger partial charge in [0, 0.05) is 42.2 Å². The van der Waals surface area contributed by atoms with Gasteiger partial charge in [0.1, 0.15) is 29.4 Å². The molecule has 11 heteroatoms. The van der Waals surface area contributed by atoms with E-state index < -0.39 is 23.5 Å². The van der Waals surface area contributed by atoms with E-state index in [1.54, 1.807) is 18.2 Å². The Hall–Kier alpha value is -4.28. The number of benzene rings is 1. The third kappa shape index (κ3) is 4.44. The molecular weight excluding hydrogens is 467 g/mol. The van der Waals surface area contributed by atoms with Crippen molar-refractivity contribution in [1.82, 2.24) is 14.5 Å². The molecular formula is C24H18F3N3O5. The zero-order valence-electron chi connectivity index (χ0n) is 18.1. The van der Waals surface area contributed by atoms with Gasteiger partial charge in [-0.05, 0) is 30.3 Å². The molecule has 4 heterocycles. The minimum Gasteiger partial charge on any atom is -0.487 e. The van der Waals surface area contributed by atoms with Gasteiger partial charge < -0.3 is 19.2 Å². The molecule has 3 aromatic heterocycles. The second-order valence-electron chi connectivity index (χ2n) is 8.01. The Morgan fingerprint density at radius 1 is 1.17 bits per heavy atom. The summed E-state index contributed by atoms with van der Waals surface area (Å²) in [5.74, 6) is 0.919.